The minimum absolute atomic E-state index is 0.0186. The molecular weight excluding hydrogens is 487 g/mol. The lowest BCUT2D eigenvalue weighted by atomic mass is 9.93. The number of aromatic amines is 1. The Hall–Kier alpha value is -4.41. The predicted octanol–water partition coefficient (Wildman–Crippen LogP) is 4.96. The molecule has 2 N–H and O–H groups in total. The van der Waals surface area contributed by atoms with Gasteiger partial charge < -0.3 is 14.8 Å². The van der Waals surface area contributed by atoms with Crippen LogP contribution in [0.15, 0.2) is 47.4 Å². The van der Waals surface area contributed by atoms with Crippen molar-refractivity contribution in [2.45, 2.75) is 58.0 Å². The smallest absolute Gasteiger partial charge is 0.292 e. The van der Waals surface area contributed by atoms with E-state index in [-0.39, 0.29) is 17.8 Å². The van der Waals surface area contributed by atoms with Gasteiger partial charge in [0.05, 0.1) is 23.3 Å². The van der Waals surface area contributed by atoms with Gasteiger partial charge in [0, 0.05) is 35.5 Å². The van der Waals surface area contributed by atoms with Crippen LogP contribution in [-0.2, 0) is 12.0 Å². The zero-order valence-electron chi connectivity index (χ0n) is 21.3. The summed E-state index contributed by atoms with van der Waals surface area (Å²) in [5, 5.41) is 10.9. The number of rotatable bonds is 6. The second-order valence-corrected chi connectivity index (χ2v) is 10.6. The van der Waals surface area contributed by atoms with Gasteiger partial charge in [-0.15, -0.1) is 0 Å². The van der Waals surface area contributed by atoms with E-state index in [4.69, 9.17) is 4.52 Å². The number of pyridine rings is 1. The highest BCUT2D eigenvalue weighted by Crippen LogP contribution is 2.33. The number of aromatic nitrogens is 7. The van der Waals surface area contributed by atoms with Crippen molar-refractivity contribution in [1.82, 2.24) is 40.2 Å². The summed E-state index contributed by atoms with van der Waals surface area (Å²) in [4.78, 5) is 28.9. The molecule has 1 aliphatic rings. The Morgan fingerprint density at radius 3 is 2.76 bits per heavy atom. The molecule has 0 radical (unpaired) electrons. The number of benzene rings is 1. The highest BCUT2D eigenvalue weighted by Gasteiger charge is 2.24. The van der Waals surface area contributed by atoms with Gasteiger partial charge in [-0.3, -0.25) is 9.48 Å². The number of amides is 1. The quantitative estimate of drug-likeness (QED) is 0.328. The first-order chi connectivity index (χ1) is 18.3. The minimum Gasteiger partial charge on any atom is -0.345 e. The molecule has 0 unspecified atom stereocenters. The molecule has 0 saturated heterocycles. The Kier molecular flexibility index (Phi) is 5.77. The van der Waals surface area contributed by atoms with Crippen LogP contribution < -0.4 is 5.32 Å². The summed E-state index contributed by atoms with van der Waals surface area (Å²) in [6.07, 6.45) is 8.99. The van der Waals surface area contributed by atoms with E-state index in [2.05, 4.69) is 35.5 Å². The summed E-state index contributed by atoms with van der Waals surface area (Å²) in [5.41, 5.74) is 3.54. The van der Waals surface area contributed by atoms with E-state index < -0.39 is 11.7 Å². The molecular formula is C27H27FN8O2. The first kappa shape index (κ1) is 24.0. The van der Waals surface area contributed by atoms with Gasteiger partial charge in [-0.05, 0) is 37.0 Å². The summed E-state index contributed by atoms with van der Waals surface area (Å²) < 4.78 is 22.2. The number of carbonyl (C=O) groups excluding carboxylic acids is 1. The number of nitrogens with one attached hydrogen (secondary N) is 2. The van der Waals surface area contributed by atoms with Crippen molar-refractivity contribution in [3.8, 4) is 22.5 Å². The molecule has 1 amide bonds. The van der Waals surface area contributed by atoms with E-state index in [0.29, 0.717) is 40.0 Å². The van der Waals surface area contributed by atoms with Crippen LogP contribution in [0.25, 0.3) is 33.7 Å². The predicted molar refractivity (Wildman–Crippen MR) is 138 cm³/mol. The van der Waals surface area contributed by atoms with Crippen molar-refractivity contribution in [3.63, 3.8) is 0 Å². The largest absolute Gasteiger partial charge is 0.345 e. The second-order valence-electron chi connectivity index (χ2n) is 10.6. The highest BCUT2D eigenvalue weighted by molar-refractivity contribution is 5.91. The molecule has 0 spiro atoms. The Balaban J connectivity index is 1.20. The molecule has 0 aliphatic heterocycles. The molecule has 194 valence electrons. The molecule has 6 rings (SSSR count). The van der Waals surface area contributed by atoms with Gasteiger partial charge in [-0.2, -0.15) is 10.1 Å². The first-order valence-corrected chi connectivity index (χ1v) is 12.6. The van der Waals surface area contributed by atoms with E-state index in [1.807, 2.05) is 37.7 Å². The van der Waals surface area contributed by atoms with Crippen molar-refractivity contribution < 1.29 is 13.7 Å². The monoisotopic (exact) mass is 514 g/mol. The van der Waals surface area contributed by atoms with Crippen LogP contribution in [0, 0.1) is 5.82 Å². The van der Waals surface area contributed by atoms with Crippen LogP contribution >= 0.6 is 0 Å². The SMILES string of the molecule is CC(C)(C)c1nc(C(=O)NCc2ccc(-c3ccnc4nc(-c5cnn(C6CCC6)c5)[nH]c34)cc2F)no1. The summed E-state index contributed by atoms with van der Waals surface area (Å²) >= 11 is 0. The third-order valence-corrected chi connectivity index (χ3v) is 6.79. The summed E-state index contributed by atoms with van der Waals surface area (Å²) in [6, 6.07) is 7.18. The Labute approximate surface area is 217 Å². The zero-order valence-corrected chi connectivity index (χ0v) is 21.3. The fourth-order valence-electron chi connectivity index (χ4n) is 4.33. The maximum atomic E-state index is 15.1. The molecule has 0 bridgehead atoms. The summed E-state index contributed by atoms with van der Waals surface area (Å²) in [7, 11) is 0. The maximum absolute atomic E-state index is 15.1. The van der Waals surface area contributed by atoms with Gasteiger partial charge in [-0.1, -0.05) is 38.1 Å². The van der Waals surface area contributed by atoms with E-state index in [0.717, 1.165) is 24.0 Å². The lowest BCUT2D eigenvalue weighted by Crippen LogP contribution is -2.24. The lowest BCUT2D eigenvalue weighted by molar-refractivity contribution is 0.0937. The molecule has 4 aromatic heterocycles. The Morgan fingerprint density at radius 2 is 2.05 bits per heavy atom. The van der Waals surface area contributed by atoms with Gasteiger partial charge in [0.1, 0.15) is 11.6 Å². The minimum atomic E-state index is -0.533. The maximum Gasteiger partial charge on any atom is 0.292 e. The fraction of sp³-hybridized carbons (Fsp3) is 0.333. The number of hydrogen-bond acceptors (Lipinski definition) is 7. The van der Waals surface area contributed by atoms with Gasteiger partial charge in [0.25, 0.3) is 11.7 Å². The molecule has 11 heteroatoms. The summed E-state index contributed by atoms with van der Waals surface area (Å²) in [6.45, 7) is 5.70. The van der Waals surface area contributed by atoms with Gasteiger partial charge in [0.2, 0.25) is 5.89 Å². The van der Waals surface area contributed by atoms with Crippen molar-refractivity contribution in [2.75, 3.05) is 0 Å². The molecule has 1 saturated carbocycles. The van der Waals surface area contributed by atoms with E-state index in [9.17, 15) is 4.79 Å². The van der Waals surface area contributed by atoms with E-state index in [1.54, 1.807) is 24.5 Å². The number of carbonyl (C=O) groups is 1. The van der Waals surface area contributed by atoms with Crippen LogP contribution in [0.1, 0.15) is 68.1 Å². The van der Waals surface area contributed by atoms with Crippen molar-refractivity contribution in [3.05, 3.63) is 66.0 Å². The molecule has 4 heterocycles. The summed E-state index contributed by atoms with van der Waals surface area (Å²) in [5.74, 6) is -0.0382. The van der Waals surface area contributed by atoms with Crippen LogP contribution in [0.4, 0.5) is 4.39 Å². The second kappa shape index (κ2) is 9.16. The van der Waals surface area contributed by atoms with Crippen LogP contribution in [0.2, 0.25) is 0 Å². The Morgan fingerprint density at radius 1 is 1.21 bits per heavy atom. The molecule has 1 aromatic carbocycles. The van der Waals surface area contributed by atoms with Crippen molar-refractivity contribution in [2.24, 2.45) is 0 Å². The number of nitrogens with zero attached hydrogens (tertiary/aromatic N) is 6. The normalized spacial score (nSPS) is 14.1. The molecule has 38 heavy (non-hydrogen) atoms. The average molecular weight is 515 g/mol. The average Bonchev–Trinajstić information content (AvgIpc) is 3.60. The number of imidazole rings is 1. The topological polar surface area (TPSA) is 127 Å². The number of hydrogen-bond donors (Lipinski definition) is 2. The molecule has 1 fully saturated rings. The third-order valence-electron chi connectivity index (χ3n) is 6.79. The van der Waals surface area contributed by atoms with Crippen LogP contribution in [-0.4, -0.2) is 40.8 Å². The number of fused-ring (bicyclic) bond motifs is 1. The van der Waals surface area contributed by atoms with E-state index in [1.165, 1.54) is 12.5 Å². The molecule has 1 aliphatic carbocycles. The standard InChI is InChI=1S/C27H27FN8O2/c1-27(2,3)26-34-24(35-38-26)25(37)30-12-16-8-7-15(11-20(16)28)19-9-10-29-23-21(19)32-22(33-23)17-13-31-36(14-17)18-5-4-6-18/h7-11,13-14,18H,4-6,12H2,1-3H3,(H,30,37)(H,29,32,33). The molecule has 0 atom stereocenters. The first-order valence-electron chi connectivity index (χ1n) is 12.6. The zero-order chi connectivity index (χ0) is 26.4. The van der Waals surface area contributed by atoms with Gasteiger partial charge >= 0.3 is 0 Å². The van der Waals surface area contributed by atoms with Crippen LogP contribution in [0.5, 0.6) is 0 Å². The number of H-pyrrole nitrogens is 1. The highest BCUT2D eigenvalue weighted by atomic mass is 19.1. The van der Waals surface area contributed by atoms with Crippen LogP contribution in [0.3, 0.4) is 0 Å². The lowest BCUT2D eigenvalue weighted by Gasteiger charge is -2.25. The molecule has 5 aromatic rings. The third kappa shape index (κ3) is 4.44. The van der Waals surface area contributed by atoms with Gasteiger partial charge in [0.15, 0.2) is 5.65 Å². The Bertz CT molecular complexity index is 1640. The van der Waals surface area contributed by atoms with E-state index >= 15 is 4.39 Å². The fourth-order valence-corrected chi connectivity index (χ4v) is 4.33. The van der Waals surface area contributed by atoms with Crippen molar-refractivity contribution in [1.29, 1.82) is 0 Å². The van der Waals surface area contributed by atoms with Gasteiger partial charge in [-0.25, -0.2) is 14.4 Å². The van der Waals surface area contributed by atoms with Crippen molar-refractivity contribution >= 4 is 17.1 Å². The molecule has 10 nitrogen and oxygen atoms in total. The number of halogens is 1.